The molecule has 0 atom stereocenters. The van der Waals surface area contributed by atoms with E-state index in [4.69, 9.17) is 105 Å². The summed E-state index contributed by atoms with van der Waals surface area (Å²) in [5, 5.41) is 47.7. The van der Waals surface area contributed by atoms with Gasteiger partial charge in [-0.15, -0.1) is 6.42 Å². The molecule has 0 fully saturated rings. The largest absolute Gasteiger partial charge is 0.506 e. The van der Waals surface area contributed by atoms with Crippen molar-refractivity contribution in [2.45, 2.75) is 19.4 Å². The van der Waals surface area contributed by atoms with Crippen LogP contribution in [0.4, 0.5) is 0 Å². The van der Waals surface area contributed by atoms with Crippen LogP contribution in [0.3, 0.4) is 0 Å². The van der Waals surface area contributed by atoms with Gasteiger partial charge >= 0.3 is 0 Å². The highest BCUT2D eigenvalue weighted by Crippen LogP contribution is 2.33. The van der Waals surface area contributed by atoms with Gasteiger partial charge in [0.05, 0.1) is 123 Å². The van der Waals surface area contributed by atoms with Gasteiger partial charge in [0, 0.05) is 122 Å². The van der Waals surface area contributed by atoms with Crippen LogP contribution in [0, 0.1) is 73.6 Å². The molecular weight excluding hydrogens is 1500 g/mol. The number of ether oxygens (including phenoxy) is 14. The summed E-state index contributed by atoms with van der Waals surface area (Å²) in [4.78, 5) is 31.8. The number of furan rings is 1. The highest BCUT2D eigenvalue weighted by molar-refractivity contribution is 14.1. The van der Waals surface area contributed by atoms with Gasteiger partial charge in [-0.1, -0.05) is 53.3 Å². The number of aromatic nitrogens is 8. The van der Waals surface area contributed by atoms with Gasteiger partial charge in [-0.05, 0) is 72.8 Å². The molecule has 0 saturated heterocycles. The predicted octanol–water partition coefficient (Wildman–Crippen LogP) is 11.8. The van der Waals surface area contributed by atoms with Crippen LogP contribution in [0.1, 0.15) is 63.9 Å². The van der Waals surface area contributed by atoms with Gasteiger partial charge < -0.3 is 80.9 Å². The number of hydrogen-bond donors (Lipinski definition) is 2. The molecule has 0 aliphatic rings. The summed E-state index contributed by atoms with van der Waals surface area (Å²) >= 11 is 8.35. The third kappa shape index (κ3) is 27.3. The number of benzene rings is 1. The van der Waals surface area contributed by atoms with E-state index in [1.165, 1.54) is 93.0 Å². The molecule has 2 N–H and O–H groups in total. The van der Waals surface area contributed by atoms with Crippen LogP contribution in [-0.2, 0) is 18.9 Å². The minimum absolute atomic E-state index is 0.0310. The molecule has 9 aromatic heterocycles. The minimum atomic E-state index is -1.07. The number of pyridine rings is 8. The molecule has 30 heteroatoms. The average Bonchev–Trinajstić information content (AvgIpc) is 1.66. The first-order chi connectivity index (χ1) is 51.3. The van der Waals surface area contributed by atoms with E-state index < -0.39 is 5.60 Å². The first kappa shape index (κ1) is 84.1. The molecule has 28 nitrogen and oxygen atoms in total. The number of hydrogen-bond acceptors (Lipinski definition) is 28. The predicted molar refractivity (Wildman–Crippen MR) is 398 cm³/mol. The Kier molecular flexibility index (Phi) is 36.1. The number of nitriles is 3. The van der Waals surface area contributed by atoms with E-state index in [-0.39, 0.29) is 32.9 Å². The van der Waals surface area contributed by atoms with Crippen molar-refractivity contribution in [2.24, 2.45) is 0 Å². The number of methoxy groups -OCH3 is 10. The Balaban J connectivity index is 0.000000230. The second kappa shape index (κ2) is 45.5. The third-order valence-corrected chi connectivity index (χ3v) is 14.1. The van der Waals surface area contributed by atoms with E-state index in [1.54, 1.807) is 115 Å². The third-order valence-electron chi connectivity index (χ3n) is 12.9. The molecule has 0 aliphatic heterocycles. The molecule has 106 heavy (non-hydrogen) atoms. The number of nitrogens with zero attached hydrogens (tertiary/aromatic N) is 11. The van der Waals surface area contributed by atoms with Crippen molar-refractivity contribution in [3.8, 4) is 130 Å². The maximum absolute atomic E-state index is 9.75. The standard InChI is InChI=1S/C16H13N3O3.C15H10N2O2.C14H10ClN3O2.C13H17NO4.C10H11NO3.C8H10INO3/c1-20-11-22-15-10-19-16(21-2)7-13(15)4-3-12-5-6-18-9-14(12)8-17;1-18-15-7-11-6-13(19-14(11)9-17-15)12-5-3-2-4-10(12)8-16;1-20-14-5-9(13(19)8-18-14)4-12(15)11-2-3-17-7-10(11)6-16;1-13(2,15)6-5-10-7-12(17-4)14-8-11(10)18-9-16-3;1-4-8-5-10(13-3)11-6-9(8)14-7-12-2;1-11-5-13-7-4-10-8(12-2)3-6(7)9/h5-7,9-10H,11H2,1-2H3;2-7,9H,1H3;2-5,7-8,19H,1H3;7-8,15H,9H2,1-4H3;1,5-6H,7H2,2-3H3;3-4H,5H2,1-2H3/b;;12-4-;;;. The topological polar surface area (TPSA) is 357 Å². The molecule has 1 aromatic carbocycles. The zero-order valence-electron chi connectivity index (χ0n) is 59.5. The van der Waals surface area contributed by atoms with E-state index in [0.29, 0.717) is 125 Å². The number of aliphatic hydroxyl groups is 1. The molecule has 10 rings (SSSR count). The fraction of sp³-hybridized carbons (Fsp3) is 0.224. The monoisotopic (exact) mass is 1570 g/mol. The van der Waals surface area contributed by atoms with Gasteiger partial charge in [0.25, 0.3) is 0 Å². The summed E-state index contributed by atoms with van der Waals surface area (Å²) < 4.78 is 77.1. The molecular formula is C76H71ClIN11O17. The molecule has 0 aliphatic carbocycles. The number of fused-ring (bicyclic) bond motifs is 1. The van der Waals surface area contributed by atoms with Gasteiger partial charge in [-0.2, -0.15) is 15.8 Å². The summed E-state index contributed by atoms with van der Waals surface area (Å²) in [5.74, 6) is 19.5. The van der Waals surface area contributed by atoms with Crippen molar-refractivity contribution >= 4 is 56.3 Å². The number of aromatic hydroxyl groups is 1. The molecule has 0 spiro atoms. The lowest BCUT2D eigenvalue weighted by atomic mass is 10.1. The van der Waals surface area contributed by atoms with Crippen molar-refractivity contribution < 1.29 is 80.9 Å². The van der Waals surface area contributed by atoms with Crippen LogP contribution in [0.15, 0.2) is 145 Å². The Hall–Kier alpha value is -12.5. The number of terminal acetylenes is 1. The van der Waals surface area contributed by atoms with E-state index in [9.17, 15) is 10.2 Å². The van der Waals surface area contributed by atoms with Crippen LogP contribution in [0.25, 0.3) is 33.4 Å². The Morgan fingerprint density at radius 1 is 0.509 bits per heavy atom. The van der Waals surface area contributed by atoms with Gasteiger partial charge in [0.2, 0.25) is 35.3 Å². The molecule has 0 amide bonds. The van der Waals surface area contributed by atoms with Gasteiger partial charge in [0.15, 0.2) is 55.8 Å². The molecule has 546 valence electrons. The van der Waals surface area contributed by atoms with Crippen molar-refractivity contribution in [1.82, 2.24) is 39.9 Å². The Bertz CT molecular complexity index is 4850. The molecule has 0 radical (unpaired) electrons. The Labute approximate surface area is 631 Å². The van der Waals surface area contributed by atoms with E-state index in [0.717, 1.165) is 14.5 Å². The Morgan fingerprint density at radius 3 is 1.47 bits per heavy atom. The lowest BCUT2D eigenvalue weighted by Crippen LogP contribution is -2.14. The van der Waals surface area contributed by atoms with Crippen LogP contribution >= 0.6 is 34.2 Å². The quantitative estimate of drug-likeness (QED) is 0.0383. The van der Waals surface area contributed by atoms with E-state index >= 15 is 0 Å². The second-order valence-electron chi connectivity index (χ2n) is 20.6. The van der Waals surface area contributed by atoms with Crippen molar-refractivity contribution in [3.05, 3.63) is 194 Å². The van der Waals surface area contributed by atoms with Gasteiger partial charge in [0.1, 0.15) is 29.2 Å². The van der Waals surface area contributed by atoms with Crippen LogP contribution in [-0.4, -0.2) is 154 Å². The summed E-state index contributed by atoms with van der Waals surface area (Å²) in [5.41, 5.74) is 5.07. The molecule has 0 bridgehead atoms. The minimum Gasteiger partial charge on any atom is -0.506 e. The molecule has 0 saturated carbocycles. The first-order valence-electron chi connectivity index (χ1n) is 30.5. The maximum atomic E-state index is 9.75. The summed E-state index contributed by atoms with van der Waals surface area (Å²) in [6.07, 6.45) is 21.9. The molecule has 0 unspecified atom stereocenters. The fourth-order valence-corrected chi connectivity index (χ4v) is 8.70. The number of rotatable bonds is 21. The van der Waals surface area contributed by atoms with Crippen molar-refractivity contribution in [1.29, 1.82) is 15.8 Å². The highest BCUT2D eigenvalue weighted by atomic mass is 127. The molecule has 9 heterocycles. The second-order valence-corrected chi connectivity index (χ2v) is 22.2. The van der Waals surface area contributed by atoms with Crippen LogP contribution < -0.4 is 47.4 Å². The SMILES string of the molecule is C#Cc1cc(OC)ncc1OCOC.COCOc1cnc(OC)cc1C#CC(C)(C)O.COCOc1cnc(OC)cc1C#Cc1ccncc1C#N.COCOc1cnc(OC)cc1I.COc1cc(/C=C(\Cl)c2ccncc2C#N)c(O)cn1.COc1cc2cc(-c3ccccc3C#N)oc2cn1. The lowest BCUT2D eigenvalue weighted by Gasteiger charge is -2.09. The van der Waals surface area contributed by atoms with Crippen LogP contribution in [0.2, 0.25) is 0 Å². The zero-order valence-corrected chi connectivity index (χ0v) is 62.4. The van der Waals surface area contributed by atoms with E-state index in [1.807, 2.05) is 30.3 Å². The zero-order chi connectivity index (χ0) is 77.2. The average molecular weight is 1570 g/mol. The molecule has 10 aromatic rings. The van der Waals surface area contributed by atoms with Crippen LogP contribution in [0.5, 0.6) is 64.0 Å². The highest BCUT2D eigenvalue weighted by Gasteiger charge is 2.15. The summed E-state index contributed by atoms with van der Waals surface area (Å²) in [7, 11) is 15.3. The smallest absolute Gasteiger partial charge is 0.214 e. The van der Waals surface area contributed by atoms with Gasteiger partial charge in [-0.25, -0.2) is 29.9 Å². The van der Waals surface area contributed by atoms with Gasteiger partial charge in [-0.3, -0.25) is 9.97 Å². The summed E-state index contributed by atoms with van der Waals surface area (Å²) in [6.45, 7) is 3.77. The summed E-state index contributed by atoms with van der Waals surface area (Å²) in [6, 6.07) is 28.8. The van der Waals surface area contributed by atoms with E-state index in [2.05, 4.69) is 104 Å². The van der Waals surface area contributed by atoms with Crippen molar-refractivity contribution in [3.63, 3.8) is 0 Å². The lowest BCUT2D eigenvalue weighted by molar-refractivity contribution is 0.0500. The van der Waals surface area contributed by atoms with Crippen molar-refractivity contribution in [2.75, 3.05) is 98.3 Å². The Morgan fingerprint density at radius 2 is 0.953 bits per heavy atom. The number of halogens is 2. The normalized spacial score (nSPS) is 10.0. The first-order valence-corrected chi connectivity index (χ1v) is 32.0. The maximum Gasteiger partial charge on any atom is 0.214 e. The fourth-order valence-electron chi connectivity index (χ4n) is 7.86.